The van der Waals surface area contributed by atoms with Gasteiger partial charge in [-0.25, -0.2) is 9.37 Å². The minimum atomic E-state index is -1.21. The van der Waals surface area contributed by atoms with Crippen molar-refractivity contribution in [3.63, 3.8) is 0 Å². The quantitative estimate of drug-likeness (QED) is 0.525. The van der Waals surface area contributed by atoms with Crippen LogP contribution in [0.15, 0.2) is 54.7 Å². The fourth-order valence-corrected chi connectivity index (χ4v) is 3.68. The Bertz CT molecular complexity index is 1080. The standard InChI is InChI=1S/C22H18ClFN2O3.Na/c23-16-5-6-20(29-13-14-3-1-2-4-19(14)24)15(11-16)12-26-10-8-17-18(22(27)28)7-9-25-21(17)26;/h1-7,9,11H,8,10,12-13H2,(H,27,28);/q;+1/p-1. The molecule has 1 aromatic heterocycles. The van der Waals surface area contributed by atoms with Crippen molar-refractivity contribution < 1.29 is 48.6 Å². The van der Waals surface area contributed by atoms with E-state index >= 15 is 0 Å². The predicted molar refractivity (Wildman–Crippen MR) is 106 cm³/mol. The van der Waals surface area contributed by atoms with Gasteiger partial charge in [0, 0.05) is 46.6 Å². The van der Waals surface area contributed by atoms with E-state index in [0.717, 1.165) is 5.56 Å². The molecule has 0 spiro atoms. The maximum absolute atomic E-state index is 13.9. The Morgan fingerprint density at radius 2 is 2.00 bits per heavy atom. The summed E-state index contributed by atoms with van der Waals surface area (Å²) in [7, 11) is 0. The number of pyridine rings is 1. The number of carbonyl (C=O) groups is 1. The van der Waals surface area contributed by atoms with Gasteiger partial charge in [0.05, 0.1) is 5.97 Å². The molecular weight excluding hydrogens is 418 g/mol. The molecule has 4 rings (SSSR count). The molecule has 0 radical (unpaired) electrons. The van der Waals surface area contributed by atoms with E-state index in [1.54, 1.807) is 36.4 Å². The number of rotatable bonds is 6. The van der Waals surface area contributed by atoms with E-state index in [2.05, 4.69) is 4.98 Å². The molecule has 0 saturated carbocycles. The molecule has 30 heavy (non-hydrogen) atoms. The summed E-state index contributed by atoms with van der Waals surface area (Å²) >= 11 is 6.18. The first-order valence-electron chi connectivity index (χ1n) is 9.11. The molecule has 8 heteroatoms. The molecule has 0 fully saturated rings. The summed E-state index contributed by atoms with van der Waals surface area (Å²) in [6, 6.07) is 13.2. The Hall–Kier alpha value is -2.12. The molecule has 0 unspecified atom stereocenters. The van der Waals surface area contributed by atoms with Gasteiger partial charge in [-0.3, -0.25) is 0 Å². The second kappa shape index (κ2) is 9.79. The third-order valence-electron chi connectivity index (χ3n) is 4.91. The fraction of sp³-hybridized carbons (Fsp3) is 0.182. The summed E-state index contributed by atoms with van der Waals surface area (Å²) in [6.07, 6.45) is 2.04. The first-order valence-corrected chi connectivity index (χ1v) is 9.49. The molecule has 1 aliphatic heterocycles. The number of hydrogen-bond acceptors (Lipinski definition) is 5. The van der Waals surface area contributed by atoms with E-state index in [4.69, 9.17) is 16.3 Å². The first kappa shape index (κ1) is 22.6. The maximum Gasteiger partial charge on any atom is 1.00 e. The van der Waals surface area contributed by atoms with Crippen molar-refractivity contribution in [1.29, 1.82) is 0 Å². The van der Waals surface area contributed by atoms with Gasteiger partial charge in [-0.05, 0) is 36.8 Å². The second-order valence-electron chi connectivity index (χ2n) is 6.75. The van der Waals surface area contributed by atoms with Crippen LogP contribution in [0.2, 0.25) is 5.02 Å². The molecule has 5 nitrogen and oxygen atoms in total. The number of aromatic nitrogens is 1. The molecule has 0 aliphatic carbocycles. The Labute approximate surface area is 200 Å². The Balaban J connectivity index is 0.00000256. The third-order valence-corrected chi connectivity index (χ3v) is 5.14. The minimum Gasteiger partial charge on any atom is -0.545 e. The summed E-state index contributed by atoms with van der Waals surface area (Å²) < 4.78 is 19.8. The number of fused-ring (bicyclic) bond motifs is 1. The summed E-state index contributed by atoms with van der Waals surface area (Å²) in [4.78, 5) is 17.7. The van der Waals surface area contributed by atoms with Crippen LogP contribution in [0.3, 0.4) is 0 Å². The van der Waals surface area contributed by atoms with Crippen LogP contribution in [0.1, 0.15) is 27.0 Å². The molecule has 2 aromatic carbocycles. The zero-order valence-electron chi connectivity index (χ0n) is 16.4. The van der Waals surface area contributed by atoms with Crippen molar-refractivity contribution in [2.75, 3.05) is 11.4 Å². The number of carboxylic acid groups (broad SMARTS) is 1. The van der Waals surface area contributed by atoms with Crippen LogP contribution in [0.4, 0.5) is 10.2 Å². The van der Waals surface area contributed by atoms with Gasteiger partial charge in [-0.1, -0.05) is 29.8 Å². The van der Waals surface area contributed by atoms with Crippen LogP contribution in [0.25, 0.3) is 0 Å². The van der Waals surface area contributed by atoms with Crippen LogP contribution < -0.4 is 44.3 Å². The van der Waals surface area contributed by atoms with Crippen LogP contribution >= 0.6 is 11.6 Å². The van der Waals surface area contributed by atoms with Crippen LogP contribution in [0, 0.1) is 5.82 Å². The largest absolute Gasteiger partial charge is 1.00 e. The molecule has 0 saturated heterocycles. The zero-order valence-corrected chi connectivity index (χ0v) is 19.2. The van der Waals surface area contributed by atoms with Gasteiger partial charge in [0.15, 0.2) is 0 Å². The minimum absolute atomic E-state index is 0. The van der Waals surface area contributed by atoms with Crippen LogP contribution in [-0.4, -0.2) is 17.5 Å². The van der Waals surface area contributed by atoms with E-state index in [-0.39, 0.29) is 47.5 Å². The van der Waals surface area contributed by atoms with Gasteiger partial charge in [-0.2, -0.15) is 0 Å². The van der Waals surface area contributed by atoms with Gasteiger partial charge in [0.25, 0.3) is 0 Å². The van der Waals surface area contributed by atoms with E-state index in [9.17, 15) is 14.3 Å². The number of halogens is 2. The van der Waals surface area contributed by atoms with Crippen molar-refractivity contribution in [2.45, 2.75) is 19.6 Å². The number of ether oxygens (including phenoxy) is 1. The van der Waals surface area contributed by atoms with Crippen molar-refractivity contribution >= 4 is 23.4 Å². The van der Waals surface area contributed by atoms with Crippen molar-refractivity contribution in [1.82, 2.24) is 4.98 Å². The molecule has 2 heterocycles. The normalized spacial score (nSPS) is 12.3. The average molecular weight is 435 g/mol. The molecule has 0 bridgehead atoms. The van der Waals surface area contributed by atoms with Gasteiger partial charge in [0.2, 0.25) is 0 Å². The molecule has 148 valence electrons. The molecule has 3 aromatic rings. The number of nitrogens with zero attached hydrogens (tertiary/aromatic N) is 2. The molecule has 0 atom stereocenters. The summed E-state index contributed by atoms with van der Waals surface area (Å²) in [6.45, 7) is 1.14. The smallest absolute Gasteiger partial charge is 0.545 e. The number of benzene rings is 2. The summed E-state index contributed by atoms with van der Waals surface area (Å²) in [5.74, 6) is -0.327. The van der Waals surface area contributed by atoms with Gasteiger partial charge >= 0.3 is 29.6 Å². The van der Waals surface area contributed by atoms with E-state index < -0.39 is 5.97 Å². The Morgan fingerprint density at radius 3 is 2.77 bits per heavy atom. The molecule has 0 amide bonds. The second-order valence-corrected chi connectivity index (χ2v) is 7.19. The monoisotopic (exact) mass is 434 g/mol. The Kier molecular flexibility index (Phi) is 7.36. The van der Waals surface area contributed by atoms with E-state index in [1.807, 2.05) is 4.90 Å². The van der Waals surface area contributed by atoms with Gasteiger partial charge in [0.1, 0.15) is 24.0 Å². The van der Waals surface area contributed by atoms with Crippen LogP contribution in [-0.2, 0) is 19.6 Å². The number of carboxylic acids is 1. The summed E-state index contributed by atoms with van der Waals surface area (Å²) in [5, 5.41) is 11.9. The van der Waals surface area contributed by atoms with Gasteiger partial charge < -0.3 is 19.5 Å². The zero-order chi connectivity index (χ0) is 20.4. The average Bonchev–Trinajstić information content (AvgIpc) is 3.11. The molecular formula is C22H17ClFN2NaO3. The maximum atomic E-state index is 13.9. The molecule has 0 N–H and O–H groups in total. The Morgan fingerprint density at radius 1 is 1.20 bits per heavy atom. The van der Waals surface area contributed by atoms with Crippen molar-refractivity contribution in [3.05, 3.63) is 87.8 Å². The van der Waals surface area contributed by atoms with Crippen molar-refractivity contribution in [2.24, 2.45) is 0 Å². The summed E-state index contributed by atoms with van der Waals surface area (Å²) in [5.41, 5.74) is 2.10. The number of aromatic carboxylic acids is 1. The van der Waals surface area contributed by atoms with E-state index in [0.29, 0.717) is 47.2 Å². The number of hydrogen-bond donors (Lipinski definition) is 0. The molecule has 1 aliphatic rings. The van der Waals surface area contributed by atoms with Gasteiger partial charge in [-0.15, -0.1) is 0 Å². The SMILES string of the molecule is O=C([O-])c1ccnc2c1CCN2Cc1cc(Cl)ccc1OCc1ccccc1F.[Na+]. The fourth-order valence-electron chi connectivity index (χ4n) is 3.49. The number of anilines is 1. The number of carbonyl (C=O) groups excluding carboxylic acids is 1. The topological polar surface area (TPSA) is 65.5 Å². The van der Waals surface area contributed by atoms with Crippen molar-refractivity contribution in [3.8, 4) is 5.75 Å². The van der Waals surface area contributed by atoms with E-state index in [1.165, 1.54) is 18.3 Å². The third kappa shape index (κ3) is 4.78. The first-order chi connectivity index (χ1) is 14.0. The van der Waals surface area contributed by atoms with Crippen LogP contribution in [0.5, 0.6) is 5.75 Å². The predicted octanol–water partition coefficient (Wildman–Crippen LogP) is 0.383.